The Kier molecular flexibility index (Phi) is 7.75. The summed E-state index contributed by atoms with van der Waals surface area (Å²) in [6.45, 7) is 5.34. The molecule has 1 N–H and O–H groups in total. The number of benzene rings is 3. The van der Waals surface area contributed by atoms with E-state index in [9.17, 15) is 23.3 Å². The Bertz CT molecular complexity index is 1320. The maximum atomic E-state index is 13.5. The van der Waals surface area contributed by atoms with Crippen molar-refractivity contribution in [3.05, 3.63) is 88.0 Å². The zero-order valence-corrected chi connectivity index (χ0v) is 20.7. The summed E-state index contributed by atoms with van der Waals surface area (Å²) in [7, 11) is -2.73. The molecule has 0 unspecified atom stereocenters. The number of carbonyl (C=O) groups excluding carboxylic acids is 1. The number of aryl methyl sites for hydroxylation is 1. The molecule has 0 aliphatic heterocycles. The van der Waals surface area contributed by atoms with E-state index in [1.807, 2.05) is 32.9 Å². The monoisotopic (exact) mass is 497 g/mol. The maximum absolute atomic E-state index is 13.5. The lowest BCUT2D eigenvalue weighted by Crippen LogP contribution is -2.38. The van der Waals surface area contributed by atoms with Crippen LogP contribution in [0.25, 0.3) is 0 Å². The van der Waals surface area contributed by atoms with Gasteiger partial charge in [-0.1, -0.05) is 43.7 Å². The lowest BCUT2D eigenvalue weighted by molar-refractivity contribution is -0.384. The van der Waals surface area contributed by atoms with Gasteiger partial charge in [-0.25, -0.2) is 8.42 Å². The predicted octanol–water partition coefficient (Wildman–Crippen LogP) is 4.87. The molecule has 0 fully saturated rings. The van der Waals surface area contributed by atoms with Crippen molar-refractivity contribution in [1.82, 2.24) is 0 Å². The van der Waals surface area contributed by atoms with Crippen molar-refractivity contribution < 1.29 is 22.9 Å². The first-order chi connectivity index (χ1) is 16.5. The molecule has 9 nitrogen and oxygen atoms in total. The topological polar surface area (TPSA) is 119 Å². The van der Waals surface area contributed by atoms with Gasteiger partial charge in [-0.15, -0.1) is 0 Å². The summed E-state index contributed by atoms with van der Waals surface area (Å²) >= 11 is 0. The zero-order chi connectivity index (χ0) is 25.8. The van der Waals surface area contributed by atoms with E-state index in [2.05, 4.69) is 5.32 Å². The van der Waals surface area contributed by atoms with E-state index >= 15 is 0 Å². The Balaban J connectivity index is 1.98. The highest BCUT2D eigenvalue weighted by Crippen LogP contribution is 2.30. The number of nitrogens with one attached hydrogen (secondary N) is 1. The van der Waals surface area contributed by atoms with Gasteiger partial charge < -0.3 is 10.1 Å². The van der Waals surface area contributed by atoms with Crippen LogP contribution in [-0.2, 0) is 14.8 Å². The SMILES string of the molecule is COc1ccc([N+](=O)[O-])cc1NC(=O)CN(c1ccc(C(C)C)cc1)S(=O)(=O)c1ccc(C)cc1. The molecule has 0 aromatic heterocycles. The van der Waals surface area contributed by atoms with Crippen molar-refractivity contribution >= 4 is 33.0 Å². The van der Waals surface area contributed by atoms with Crippen LogP contribution in [0.1, 0.15) is 30.9 Å². The van der Waals surface area contributed by atoms with Crippen LogP contribution in [0.3, 0.4) is 0 Å². The molecule has 0 aliphatic carbocycles. The number of nitro benzene ring substituents is 1. The number of nitro groups is 1. The summed E-state index contributed by atoms with van der Waals surface area (Å²) in [5.41, 5.74) is 2.06. The average Bonchev–Trinajstić information content (AvgIpc) is 2.82. The normalized spacial score (nSPS) is 11.2. The van der Waals surface area contributed by atoms with Crippen LogP contribution in [0.15, 0.2) is 71.6 Å². The summed E-state index contributed by atoms with van der Waals surface area (Å²) in [6, 6.07) is 17.1. The van der Waals surface area contributed by atoms with Gasteiger partial charge in [0.25, 0.3) is 15.7 Å². The van der Waals surface area contributed by atoms with Crippen molar-refractivity contribution in [1.29, 1.82) is 0 Å². The number of amides is 1. The summed E-state index contributed by atoms with van der Waals surface area (Å²) in [5.74, 6) is -0.235. The van der Waals surface area contributed by atoms with E-state index in [0.717, 1.165) is 21.5 Å². The van der Waals surface area contributed by atoms with Gasteiger partial charge in [-0.2, -0.15) is 0 Å². The van der Waals surface area contributed by atoms with Crippen LogP contribution >= 0.6 is 0 Å². The van der Waals surface area contributed by atoms with Gasteiger partial charge in [-0.3, -0.25) is 19.2 Å². The van der Waals surface area contributed by atoms with E-state index in [0.29, 0.717) is 5.69 Å². The Morgan fingerprint density at radius 1 is 1.06 bits per heavy atom. The van der Waals surface area contributed by atoms with Gasteiger partial charge >= 0.3 is 0 Å². The van der Waals surface area contributed by atoms with Gasteiger partial charge in [0.05, 0.1) is 28.3 Å². The third kappa shape index (κ3) is 5.96. The molecular formula is C25H27N3O6S. The number of methoxy groups -OCH3 is 1. The molecule has 0 heterocycles. The zero-order valence-electron chi connectivity index (χ0n) is 19.9. The number of hydrogen-bond acceptors (Lipinski definition) is 6. The smallest absolute Gasteiger partial charge is 0.271 e. The second-order valence-electron chi connectivity index (χ2n) is 8.26. The van der Waals surface area contributed by atoms with Crippen LogP contribution in [0.4, 0.5) is 17.1 Å². The van der Waals surface area contributed by atoms with Crippen molar-refractivity contribution in [2.75, 3.05) is 23.3 Å². The lowest BCUT2D eigenvalue weighted by Gasteiger charge is -2.25. The number of rotatable bonds is 9. The van der Waals surface area contributed by atoms with Gasteiger partial charge in [0.1, 0.15) is 12.3 Å². The Labute approximate surface area is 204 Å². The molecule has 3 rings (SSSR count). The molecule has 0 saturated carbocycles. The second kappa shape index (κ2) is 10.6. The summed E-state index contributed by atoms with van der Waals surface area (Å²) < 4.78 is 33.3. The summed E-state index contributed by atoms with van der Waals surface area (Å²) in [5, 5.41) is 13.7. The number of nitrogens with zero attached hydrogens (tertiary/aromatic N) is 2. The van der Waals surface area contributed by atoms with Crippen LogP contribution in [0, 0.1) is 17.0 Å². The number of hydrogen-bond donors (Lipinski definition) is 1. The molecule has 3 aromatic carbocycles. The molecule has 3 aromatic rings. The first kappa shape index (κ1) is 25.7. The van der Waals surface area contributed by atoms with Crippen LogP contribution < -0.4 is 14.4 Å². The minimum atomic E-state index is -4.10. The maximum Gasteiger partial charge on any atom is 0.271 e. The molecule has 0 bridgehead atoms. The molecular weight excluding hydrogens is 470 g/mol. The molecule has 1 amide bonds. The quantitative estimate of drug-likeness (QED) is 0.333. The molecule has 0 aliphatic rings. The molecule has 0 saturated heterocycles. The molecule has 0 radical (unpaired) electrons. The van der Waals surface area contributed by atoms with E-state index in [1.165, 1.54) is 31.4 Å². The van der Waals surface area contributed by atoms with E-state index in [4.69, 9.17) is 4.74 Å². The minimum absolute atomic E-state index is 0.0387. The van der Waals surface area contributed by atoms with Crippen LogP contribution in [0.2, 0.25) is 0 Å². The van der Waals surface area contributed by atoms with Crippen molar-refractivity contribution in [3.63, 3.8) is 0 Å². The minimum Gasteiger partial charge on any atom is -0.495 e. The average molecular weight is 498 g/mol. The van der Waals surface area contributed by atoms with Crippen molar-refractivity contribution in [3.8, 4) is 5.75 Å². The Hall–Kier alpha value is -3.92. The largest absolute Gasteiger partial charge is 0.495 e. The van der Waals surface area contributed by atoms with Gasteiger partial charge in [0.15, 0.2) is 0 Å². The fourth-order valence-electron chi connectivity index (χ4n) is 3.41. The van der Waals surface area contributed by atoms with Gasteiger partial charge in [-0.05, 0) is 48.7 Å². The third-order valence-corrected chi connectivity index (χ3v) is 7.20. The summed E-state index contributed by atoms with van der Waals surface area (Å²) in [6.07, 6.45) is 0. The summed E-state index contributed by atoms with van der Waals surface area (Å²) in [4.78, 5) is 23.6. The molecule has 35 heavy (non-hydrogen) atoms. The van der Waals surface area contributed by atoms with Crippen LogP contribution in [-0.4, -0.2) is 32.9 Å². The molecule has 10 heteroatoms. The van der Waals surface area contributed by atoms with E-state index in [-0.39, 0.29) is 27.9 Å². The highest BCUT2D eigenvalue weighted by molar-refractivity contribution is 7.92. The predicted molar refractivity (Wildman–Crippen MR) is 135 cm³/mol. The second-order valence-corrected chi connectivity index (χ2v) is 10.1. The van der Waals surface area contributed by atoms with Crippen LogP contribution in [0.5, 0.6) is 5.75 Å². The Morgan fingerprint density at radius 2 is 1.69 bits per heavy atom. The first-order valence-corrected chi connectivity index (χ1v) is 12.3. The molecule has 0 atom stereocenters. The first-order valence-electron chi connectivity index (χ1n) is 10.8. The van der Waals surface area contributed by atoms with E-state index < -0.39 is 27.4 Å². The molecule has 184 valence electrons. The number of sulfonamides is 1. The fourth-order valence-corrected chi connectivity index (χ4v) is 4.83. The number of anilines is 2. The van der Waals surface area contributed by atoms with Crippen molar-refractivity contribution in [2.24, 2.45) is 0 Å². The fraction of sp³-hybridized carbons (Fsp3) is 0.240. The van der Waals surface area contributed by atoms with E-state index in [1.54, 1.807) is 24.3 Å². The lowest BCUT2D eigenvalue weighted by atomic mass is 10.0. The van der Waals surface area contributed by atoms with Crippen molar-refractivity contribution in [2.45, 2.75) is 31.6 Å². The number of ether oxygens (including phenoxy) is 1. The Morgan fingerprint density at radius 3 is 2.23 bits per heavy atom. The standard InChI is InChI=1S/C25H27N3O6S/c1-17(2)19-7-9-20(10-8-19)27(35(32,33)22-12-5-18(3)6-13-22)16-25(29)26-23-15-21(28(30)31)11-14-24(23)34-4/h5-15,17H,16H2,1-4H3,(H,26,29). The highest BCUT2D eigenvalue weighted by atomic mass is 32.2. The molecule has 0 spiro atoms. The van der Waals surface area contributed by atoms with Gasteiger partial charge in [0.2, 0.25) is 5.91 Å². The third-order valence-electron chi connectivity index (χ3n) is 5.41. The number of carbonyl (C=O) groups is 1. The number of non-ortho nitro benzene ring substituents is 1. The van der Waals surface area contributed by atoms with Gasteiger partial charge in [0, 0.05) is 12.1 Å². The highest BCUT2D eigenvalue weighted by Gasteiger charge is 2.28.